The molecule has 3 heterocycles. The predicted octanol–water partition coefficient (Wildman–Crippen LogP) is 1.92. The summed E-state index contributed by atoms with van der Waals surface area (Å²) in [5.41, 5.74) is 1.80. The van der Waals surface area contributed by atoms with E-state index in [2.05, 4.69) is 27.4 Å². The third-order valence-electron chi connectivity index (χ3n) is 3.72. The normalized spacial score (nSPS) is 21.8. The van der Waals surface area contributed by atoms with E-state index in [-0.39, 0.29) is 12.0 Å². The van der Waals surface area contributed by atoms with E-state index in [0.717, 1.165) is 24.2 Å². The molecule has 0 radical (unpaired) electrons. The Hall–Kier alpha value is -1.79. The fourth-order valence-electron chi connectivity index (χ4n) is 2.53. The van der Waals surface area contributed by atoms with Crippen LogP contribution < -0.4 is 5.32 Å². The highest BCUT2D eigenvalue weighted by atomic mass is 16.5. The summed E-state index contributed by atoms with van der Waals surface area (Å²) in [7, 11) is 0. The number of nitrogens with zero attached hydrogens (tertiary/aromatic N) is 3. The van der Waals surface area contributed by atoms with Gasteiger partial charge in [-0.25, -0.2) is 0 Å². The monoisotopic (exact) mass is 288 g/mol. The van der Waals surface area contributed by atoms with Crippen LogP contribution >= 0.6 is 0 Å². The number of hydrogen-bond donors (Lipinski definition) is 1. The summed E-state index contributed by atoms with van der Waals surface area (Å²) in [5.74, 6) is 1.28. The molecule has 0 amide bonds. The van der Waals surface area contributed by atoms with E-state index in [0.29, 0.717) is 24.9 Å². The summed E-state index contributed by atoms with van der Waals surface area (Å²) >= 11 is 0. The number of hydrogen-bond acceptors (Lipinski definition) is 6. The first-order chi connectivity index (χ1) is 10.3. The van der Waals surface area contributed by atoms with E-state index in [1.165, 1.54) is 0 Å². The largest absolute Gasteiger partial charge is 0.379 e. The molecule has 2 aromatic rings. The number of ether oxygens (including phenoxy) is 1. The van der Waals surface area contributed by atoms with Crippen LogP contribution in [0, 0.1) is 6.92 Å². The highest BCUT2D eigenvalue weighted by molar-refractivity contribution is 5.53. The molecule has 1 saturated heterocycles. The zero-order chi connectivity index (χ0) is 14.7. The van der Waals surface area contributed by atoms with Crippen molar-refractivity contribution in [2.24, 2.45) is 0 Å². The van der Waals surface area contributed by atoms with Crippen molar-refractivity contribution in [2.45, 2.75) is 32.2 Å². The molecule has 6 heteroatoms. The molecule has 2 atom stereocenters. The second-order valence-electron chi connectivity index (χ2n) is 5.33. The summed E-state index contributed by atoms with van der Waals surface area (Å²) in [6.45, 7) is 6.40. The average Bonchev–Trinajstić information content (AvgIpc) is 3.14. The fourth-order valence-corrected chi connectivity index (χ4v) is 2.53. The molecule has 1 aliphatic heterocycles. The topological polar surface area (TPSA) is 73.1 Å². The van der Waals surface area contributed by atoms with Crippen molar-refractivity contribution in [1.29, 1.82) is 0 Å². The standard InChI is InChI=1S/C15H20N4O2/c1-3-6-16-12-9-20-8-11(12)15-18-14(19-21-15)13-10(2)5-4-7-17-13/h4-5,7,11-12,16H,3,6,8-9H2,1-2H3. The highest BCUT2D eigenvalue weighted by Crippen LogP contribution is 2.26. The number of rotatable bonds is 5. The molecule has 21 heavy (non-hydrogen) atoms. The van der Waals surface area contributed by atoms with Gasteiger partial charge < -0.3 is 14.6 Å². The Kier molecular flexibility index (Phi) is 4.26. The zero-order valence-corrected chi connectivity index (χ0v) is 12.4. The van der Waals surface area contributed by atoms with Crippen LogP contribution in [0.3, 0.4) is 0 Å². The van der Waals surface area contributed by atoms with Crippen LogP contribution in [0.15, 0.2) is 22.9 Å². The maximum atomic E-state index is 5.55. The minimum absolute atomic E-state index is 0.113. The van der Waals surface area contributed by atoms with Gasteiger partial charge in [0.1, 0.15) is 5.69 Å². The molecule has 2 unspecified atom stereocenters. The van der Waals surface area contributed by atoms with Gasteiger partial charge in [-0.1, -0.05) is 18.1 Å². The molecule has 2 aromatic heterocycles. The van der Waals surface area contributed by atoms with Crippen molar-refractivity contribution in [3.63, 3.8) is 0 Å². The lowest BCUT2D eigenvalue weighted by Gasteiger charge is -2.14. The first kappa shape index (κ1) is 14.2. The van der Waals surface area contributed by atoms with Gasteiger partial charge in [0.05, 0.1) is 19.1 Å². The van der Waals surface area contributed by atoms with Gasteiger partial charge in [0, 0.05) is 12.2 Å². The predicted molar refractivity (Wildman–Crippen MR) is 77.9 cm³/mol. The zero-order valence-electron chi connectivity index (χ0n) is 12.4. The lowest BCUT2D eigenvalue weighted by atomic mass is 10.0. The molecule has 6 nitrogen and oxygen atoms in total. The molecular formula is C15H20N4O2. The Morgan fingerprint density at radius 2 is 2.29 bits per heavy atom. The molecule has 1 aliphatic rings. The van der Waals surface area contributed by atoms with Crippen molar-refractivity contribution in [2.75, 3.05) is 19.8 Å². The third-order valence-corrected chi connectivity index (χ3v) is 3.72. The smallest absolute Gasteiger partial charge is 0.234 e. The van der Waals surface area contributed by atoms with Crippen molar-refractivity contribution in [3.8, 4) is 11.5 Å². The van der Waals surface area contributed by atoms with Crippen molar-refractivity contribution in [3.05, 3.63) is 29.8 Å². The van der Waals surface area contributed by atoms with Crippen LogP contribution in [0.5, 0.6) is 0 Å². The Bertz CT molecular complexity index is 599. The molecule has 0 spiro atoms. The van der Waals surface area contributed by atoms with E-state index in [1.807, 2.05) is 19.1 Å². The maximum absolute atomic E-state index is 5.55. The summed E-state index contributed by atoms with van der Waals surface area (Å²) in [5, 5.41) is 7.55. The summed E-state index contributed by atoms with van der Waals surface area (Å²) < 4.78 is 11.0. The number of aromatic nitrogens is 3. The maximum Gasteiger partial charge on any atom is 0.234 e. The van der Waals surface area contributed by atoms with Crippen LogP contribution in [0.4, 0.5) is 0 Å². The second-order valence-corrected chi connectivity index (χ2v) is 5.33. The fraction of sp³-hybridized carbons (Fsp3) is 0.533. The molecule has 1 fully saturated rings. The van der Waals surface area contributed by atoms with Gasteiger partial charge in [-0.15, -0.1) is 0 Å². The van der Waals surface area contributed by atoms with Crippen LogP contribution in [0.2, 0.25) is 0 Å². The summed E-state index contributed by atoms with van der Waals surface area (Å²) in [4.78, 5) is 8.85. The van der Waals surface area contributed by atoms with Crippen LogP contribution in [-0.2, 0) is 4.74 Å². The van der Waals surface area contributed by atoms with Crippen molar-refractivity contribution < 1.29 is 9.26 Å². The minimum atomic E-state index is 0.113. The Morgan fingerprint density at radius 3 is 3.10 bits per heavy atom. The SMILES string of the molecule is CCCNC1COCC1c1nc(-c2ncccc2C)no1. The average molecular weight is 288 g/mol. The van der Waals surface area contributed by atoms with Gasteiger partial charge in [0.25, 0.3) is 0 Å². The van der Waals surface area contributed by atoms with Crippen molar-refractivity contribution >= 4 is 0 Å². The second kappa shape index (κ2) is 6.32. The number of nitrogens with one attached hydrogen (secondary N) is 1. The van der Waals surface area contributed by atoms with E-state index in [4.69, 9.17) is 9.26 Å². The molecular weight excluding hydrogens is 268 g/mol. The quantitative estimate of drug-likeness (QED) is 0.906. The van der Waals surface area contributed by atoms with Gasteiger partial charge in [-0.2, -0.15) is 4.98 Å². The van der Waals surface area contributed by atoms with Crippen LogP contribution in [-0.4, -0.2) is 40.9 Å². The molecule has 3 rings (SSSR count). The third kappa shape index (κ3) is 2.96. The molecule has 0 aromatic carbocycles. The highest BCUT2D eigenvalue weighted by Gasteiger charge is 2.33. The molecule has 0 aliphatic carbocycles. The summed E-state index contributed by atoms with van der Waals surface area (Å²) in [6.07, 6.45) is 2.83. The minimum Gasteiger partial charge on any atom is -0.379 e. The first-order valence-corrected chi connectivity index (χ1v) is 7.36. The lowest BCUT2D eigenvalue weighted by molar-refractivity contribution is 0.184. The Balaban J connectivity index is 1.80. The Morgan fingerprint density at radius 1 is 1.38 bits per heavy atom. The lowest BCUT2D eigenvalue weighted by Crippen LogP contribution is -2.34. The Labute approximate surface area is 123 Å². The molecule has 112 valence electrons. The number of aryl methyl sites for hydroxylation is 1. The molecule has 0 saturated carbocycles. The van der Waals surface area contributed by atoms with Crippen LogP contribution in [0.1, 0.15) is 30.7 Å². The van der Waals surface area contributed by atoms with Gasteiger partial charge in [-0.05, 0) is 31.5 Å². The molecule has 0 bridgehead atoms. The van der Waals surface area contributed by atoms with E-state index < -0.39 is 0 Å². The van der Waals surface area contributed by atoms with E-state index >= 15 is 0 Å². The number of pyridine rings is 1. The van der Waals surface area contributed by atoms with E-state index in [1.54, 1.807) is 6.20 Å². The van der Waals surface area contributed by atoms with E-state index in [9.17, 15) is 0 Å². The molecule has 1 N–H and O–H groups in total. The van der Waals surface area contributed by atoms with Crippen LogP contribution in [0.25, 0.3) is 11.5 Å². The van der Waals surface area contributed by atoms with Crippen molar-refractivity contribution in [1.82, 2.24) is 20.4 Å². The first-order valence-electron chi connectivity index (χ1n) is 7.36. The van der Waals surface area contributed by atoms with Gasteiger partial charge in [-0.3, -0.25) is 4.98 Å². The van der Waals surface area contributed by atoms with Gasteiger partial charge in [0.15, 0.2) is 0 Å². The van der Waals surface area contributed by atoms with Gasteiger partial charge >= 0.3 is 0 Å². The van der Waals surface area contributed by atoms with Gasteiger partial charge in [0.2, 0.25) is 11.7 Å². The summed E-state index contributed by atoms with van der Waals surface area (Å²) in [6, 6.07) is 4.13.